The molecule has 2 aliphatic rings. The molecule has 1 aromatic carbocycles. The summed E-state index contributed by atoms with van der Waals surface area (Å²) < 4.78 is 5.61. The number of fused-ring (bicyclic) bond motifs is 1. The fourth-order valence-corrected chi connectivity index (χ4v) is 4.45. The summed E-state index contributed by atoms with van der Waals surface area (Å²) in [4.78, 5) is 23.1. The van der Waals surface area contributed by atoms with E-state index in [1.807, 2.05) is 0 Å². The monoisotopic (exact) mass is 434 g/mol. The molecule has 4 rings (SSSR count). The van der Waals surface area contributed by atoms with Crippen LogP contribution in [0, 0.1) is 18.3 Å². The topological polar surface area (TPSA) is 105 Å². The Hall–Kier alpha value is -3.31. The smallest absolute Gasteiger partial charge is 0.254 e. The molecule has 8 nitrogen and oxygen atoms in total. The number of nitrogens with zero attached hydrogens (tertiary/aromatic N) is 3. The van der Waals surface area contributed by atoms with Crippen LogP contribution >= 0.6 is 0 Å². The van der Waals surface area contributed by atoms with Gasteiger partial charge in [-0.1, -0.05) is 0 Å². The first kappa shape index (κ1) is 21.9. The van der Waals surface area contributed by atoms with Gasteiger partial charge in [-0.25, -0.2) is 4.98 Å². The van der Waals surface area contributed by atoms with Crippen LogP contribution in [0.4, 0.5) is 17.5 Å². The van der Waals surface area contributed by atoms with E-state index >= 15 is 0 Å². The number of carbonyl (C=O) groups is 1. The van der Waals surface area contributed by atoms with Gasteiger partial charge >= 0.3 is 0 Å². The molecule has 1 fully saturated rings. The largest absolute Gasteiger partial charge is 0.495 e. The zero-order chi connectivity index (χ0) is 22.7. The number of anilines is 3. The van der Waals surface area contributed by atoms with Crippen molar-refractivity contribution in [1.29, 1.82) is 0 Å². The van der Waals surface area contributed by atoms with Crippen LogP contribution in [0.1, 0.15) is 47.2 Å². The summed E-state index contributed by atoms with van der Waals surface area (Å²) >= 11 is 0. The van der Waals surface area contributed by atoms with Crippen LogP contribution in [-0.4, -0.2) is 47.5 Å². The highest BCUT2D eigenvalue weighted by atomic mass is 16.5. The predicted octanol–water partition coefficient (Wildman–Crippen LogP) is 2.92. The van der Waals surface area contributed by atoms with Crippen molar-refractivity contribution in [2.45, 2.75) is 44.7 Å². The third-order valence-electron chi connectivity index (χ3n) is 6.33. The minimum atomic E-state index is -0.564. The standard InChI is InChI=1S/C24H30N6O2/c1-4-15-5-7-18(8-6-15)27-23-19(22(25)31)13-26-24(29-23)28-20-11-17-14-30(2)10-9-16(17)12-21(20)32-3/h1,11-13,15,18H,5-10,14H2,2-3H3,(H2,25,31)(H2,26,27,28,29)/t15-,18+. The maximum Gasteiger partial charge on any atom is 0.254 e. The van der Waals surface area contributed by atoms with Gasteiger partial charge in [0, 0.05) is 31.2 Å². The number of primary amides is 1. The SMILES string of the molecule is C#C[C@H]1CC[C@@H](Nc2nc(Nc3cc4c(cc3OC)CCN(C)C4)ncc2C(N)=O)CC1. The Morgan fingerprint density at radius 2 is 2.06 bits per heavy atom. The van der Waals surface area contributed by atoms with Crippen LogP contribution in [0.3, 0.4) is 0 Å². The molecule has 1 aromatic heterocycles. The van der Waals surface area contributed by atoms with Crippen LogP contribution in [0.5, 0.6) is 5.75 Å². The van der Waals surface area contributed by atoms with Gasteiger partial charge in [0.1, 0.15) is 11.6 Å². The molecule has 8 heteroatoms. The Morgan fingerprint density at radius 1 is 1.28 bits per heavy atom. The van der Waals surface area contributed by atoms with Crippen molar-refractivity contribution in [3.05, 3.63) is 35.0 Å². The number of nitrogens with two attached hydrogens (primary N) is 1. The lowest BCUT2D eigenvalue weighted by Gasteiger charge is -2.27. The van der Waals surface area contributed by atoms with E-state index in [-0.39, 0.29) is 11.6 Å². The highest BCUT2D eigenvalue weighted by Gasteiger charge is 2.23. The Labute approximate surface area is 188 Å². The van der Waals surface area contributed by atoms with Gasteiger partial charge in [0.05, 0.1) is 18.4 Å². The second-order valence-corrected chi connectivity index (χ2v) is 8.61. The van der Waals surface area contributed by atoms with E-state index in [4.69, 9.17) is 16.9 Å². The van der Waals surface area contributed by atoms with E-state index < -0.39 is 5.91 Å². The molecule has 168 valence electrons. The van der Waals surface area contributed by atoms with E-state index in [1.165, 1.54) is 17.3 Å². The number of methoxy groups -OCH3 is 1. The molecule has 1 aliphatic heterocycles. The van der Waals surface area contributed by atoms with Crippen molar-refractivity contribution in [3.8, 4) is 18.1 Å². The second kappa shape index (κ2) is 9.45. The van der Waals surface area contributed by atoms with Crippen LogP contribution in [0.2, 0.25) is 0 Å². The third kappa shape index (κ3) is 4.78. The number of ether oxygens (including phenoxy) is 1. The molecule has 4 N–H and O–H groups in total. The number of carbonyl (C=O) groups excluding carboxylic acids is 1. The van der Waals surface area contributed by atoms with Crippen molar-refractivity contribution >= 4 is 23.4 Å². The first-order chi connectivity index (χ1) is 15.5. The van der Waals surface area contributed by atoms with Crippen molar-refractivity contribution < 1.29 is 9.53 Å². The molecule has 1 aliphatic carbocycles. The highest BCUT2D eigenvalue weighted by molar-refractivity contribution is 5.97. The third-order valence-corrected chi connectivity index (χ3v) is 6.33. The molecular formula is C24H30N6O2. The summed E-state index contributed by atoms with van der Waals surface area (Å²) in [5.74, 6) is 4.14. The van der Waals surface area contributed by atoms with Crippen LogP contribution in [-0.2, 0) is 13.0 Å². The van der Waals surface area contributed by atoms with Crippen molar-refractivity contribution in [2.24, 2.45) is 11.7 Å². The number of hydrogen-bond donors (Lipinski definition) is 3. The van der Waals surface area contributed by atoms with E-state index in [9.17, 15) is 4.79 Å². The fourth-order valence-electron chi connectivity index (χ4n) is 4.45. The minimum absolute atomic E-state index is 0.189. The van der Waals surface area contributed by atoms with Crippen LogP contribution in [0.25, 0.3) is 0 Å². The van der Waals surface area contributed by atoms with E-state index in [1.54, 1.807) is 7.11 Å². The number of amides is 1. The fraction of sp³-hybridized carbons (Fsp3) is 0.458. The van der Waals surface area contributed by atoms with Gasteiger partial charge in [0.15, 0.2) is 0 Å². The first-order valence-corrected chi connectivity index (χ1v) is 11.0. The second-order valence-electron chi connectivity index (χ2n) is 8.61. The molecular weight excluding hydrogens is 404 g/mol. The van der Waals surface area contributed by atoms with Gasteiger partial charge < -0.3 is 26.0 Å². The Kier molecular flexibility index (Phi) is 6.47. The molecule has 1 amide bonds. The van der Waals surface area contributed by atoms with Gasteiger partial charge in [0.25, 0.3) is 5.91 Å². The summed E-state index contributed by atoms with van der Waals surface area (Å²) in [6, 6.07) is 4.35. The first-order valence-electron chi connectivity index (χ1n) is 11.0. The van der Waals surface area contributed by atoms with E-state index in [0.717, 1.165) is 56.6 Å². The maximum absolute atomic E-state index is 12.0. The van der Waals surface area contributed by atoms with Gasteiger partial charge in [-0.3, -0.25) is 4.79 Å². The summed E-state index contributed by atoms with van der Waals surface area (Å²) in [6.07, 6.45) is 11.8. The van der Waals surface area contributed by atoms with Crippen molar-refractivity contribution in [2.75, 3.05) is 31.3 Å². The van der Waals surface area contributed by atoms with Crippen LogP contribution < -0.4 is 21.1 Å². The number of benzene rings is 1. The van der Waals surface area contributed by atoms with E-state index in [2.05, 4.69) is 50.6 Å². The molecule has 0 bridgehead atoms. The van der Waals surface area contributed by atoms with Crippen molar-refractivity contribution in [3.63, 3.8) is 0 Å². The lowest BCUT2D eigenvalue weighted by atomic mass is 9.86. The number of aromatic nitrogens is 2. The summed E-state index contributed by atoms with van der Waals surface area (Å²) in [7, 11) is 3.76. The average Bonchev–Trinajstić information content (AvgIpc) is 2.79. The molecule has 32 heavy (non-hydrogen) atoms. The van der Waals surface area contributed by atoms with Crippen molar-refractivity contribution in [1.82, 2.24) is 14.9 Å². The maximum atomic E-state index is 12.0. The summed E-state index contributed by atoms with van der Waals surface area (Å²) in [5.41, 5.74) is 9.17. The van der Waals surface area contributed by atoms with Gasteiger partial charge in [-0.15, -0.1) is 12.3 Å². The number of terminal acetylenes is 1. The number of nitrogens with one attached hydrogen (secondary N) is 2. The predicted molar refractivity (Wildman–Crippen MR) is 125 cm³/mol. The number of hydrogen-bond acceptors (Lipinski definition) is 7. The Morgan fingerprint density at radius 3 is 2.75 bits per heavy atom. The van der Waals surface area contributed by atoms with Crippen LogP contribution in [0.15, 0.2) is 18.3 Å². The van der Waals surface area contributed by atoms with E-state index in [0.29, 0.717) is 17.7 Å². The average molecular weight is 435 g/mol. The quantitative estimate of drug-likeness (QED) is 0.600. The Balaban J connectivity index is 1.58. The molecule has 0 saturated heterocycles. The highest BCUT2D eigenvalue weighted by Crippen LogP contribution is 2.33. The summed E-state index contributed by atoms with van der Waals surface area (Å²) in [5, 5.41) is 6.65. The molecule has 0 atom stereocenters. The molecule has 2 heterocycles. The molecule has 0 spiro atoms. The normalized spacial score (nSPS) is 20.7. The lowest BCUT2D eigenvalue weighted by molar-refractivity contribution is 0.100. The molecule has 0 radical (unpaired) electrons. The molecule has 2 aromatic rings. The zero-order valence-electron chi connectivity index (χ0n) is 18.6. The number of likely N-dealkylation sites (N-methyl/N-ethyl adjacent to an activating group) is 1. The summed E-state index contributed by atoms with van der Waals surface area (Å²) in [6.45, 7) is 1.90. The van der Waals surface area contributed by atoms with Gasteiger partial charge in [-0.2, -0.15) is 4.98 Å². The minimum Gasteiger partial charge on any atom is -0.495 e. The number of rotatable bonds is 6. The zero-order valence-corrected chi connectivity index (χ0v) is 18.6. The molecule has 0 unspecified atom stereocenters. The van der Waals surface area contributed by atoms with Gasteiger partial charge in [0.2, 0.25) is 5.95 Å². The Bertz CT molecular complexity index is 1040. The molecule has 1 saturated carbocycles. The lowest BCUT2D eigenvalue weighted by Crippen LogP contribution is -2.28. The van der Waals surface area contributed by atoms with Gasteiger partial charge in [-0.05, 0) is 62.4 Å².